The first kappa shape index (κ1) is 14.0. The standard InChI is InChI=1S/C12H17N5O3/c13-11(15-18)10-7-9(17(19)20)8-14-12(10)16-5-3-1-2-4-6-16/h7-8,18H,1-6H2,(H2,13,15). The van der Waals surface area contributed by atoms with Gasteiger partial charge >= 0.3 is 0 Å². The smallest absolute Gasteiger partial charge is 0.288 e. The molecule has 0 bridgehead atoms. The van der Waals surface area contributed by atoms with Crippen molar-refractivity contribution in [2.24, 2.45) is 10.9 Å². The summed E-state index contributed by atoms with van der Waals surface area (Å²) < 4.78 is 0. The number of nitrogens with zero attached hydrogens (tertiary/aromatic N) is 4. The quantitative estimate of drug-likeness (QED) is 0.284. The molecule has 0 atom stereocenters. The molecule has 20 heavy (non-hydrogen) atoms. The highest BCUT2D eigenvalue weighted by atomic mass is 16.6. The third-order valence-electron chi connectivity index (χ3n) is 3.35. The maximum atomic E-state index is 10.8. The lowest BCUT2D eigenvalue weighted by Gasteiger charge is -2.23. The molecule has 8 heteroatoms. The van der Waals surface area contributed by atoms with Crippen LogP contribution in [0.2, 0.25) is 0 Å². The number of nitro groups is 1. The third kappa shape index (κ3) is 2.95. The van der Waals surface area contributed by atoms with Crippen molar-refractivity contribution in [1.82, 2.24) is 4.98 Å². The van der Waals surface area contributed by atoms with Crippen molar-refractivity contribution in [1.29, 1.82) is 0 Å². The van der Waals surface area contributed by atoms with Crippen molar-refractivity contribution >= 4 is 17.3 Å². The molecule has 0 radical (unpaired) electrons. The third-order valence-corrected chi connectivity index (χ3v) is 3.35. The maximum absolute atomic E-state index is 10.8. The number of hydrogen-bond donors (Lipinski definition) is 2. The van der Waals surface area contributed by atoms with Crippen LogP contribution in [0.15, 0.2) is 17.4 Å². The second-order valence-electron chi connectivity index (χ2n) is 4.71. The Morgan fingerprint density at radius 3 is 2.60 bits per heavy atom. The van der Waals surface area contributed by atoms with E-state index in [2.05, 4.69) is 10.1 Å². The highest BCUT2D eigenvalue weighted by molar-refractivity contribution is 6.01. The van der Waals surface area contributed by atoms with Crippen LogP contribution in [-0.4, -0.2) is 34.0 Å². The van der Waals surface area contributed by atoms with Gasteiger partial charge in [-0.2, -0.15) is 0 Å². The van der Waals surface area contributed by atoms with Crippen molar-refractivity contribution in [3.8, 4) is 0 Å². The van der Waals surface area contributed by atoms with Gasteiger partial charge in [0.25, 0.3) is 5.69 Å². The zero-order valence-electron chi connectivity index (χ0n) is 11.0. The summed E-state index contributed by atoms with van der Waals surface area (Å²) in [5.74, 6) is 0.369. The van der Waals surface area contributed by atoms with E-state index in [9.17, 15) is 10.1 Å². The van der Waals surface area contributed by atoms with Crippen LogP contribution in [0.3, 0.4) is 0 Å². The topological polar surface area (TPSA) is 118 Å². The number of rotatable bonds is 3. The van der Waals surface area contributed by atoms with Crippen molar-refractivity contribution in [2.75, 3.05) is 18.0 Å². The molecule has 1 aromatic heterocycles. The van der Waals surface area contributed by atoms with Crippen LogP contribution in [0.1, 0.15) is 31.2 Å². The maximum Gasteiger partial charge on any atom is 0.288 e. The van der Waals surface area contributed by atoms with Crippen LogP contribution in [-0.2, 0) is 0 Å². The first-order valence-corrected chi connectivity index (χ1v) is 6.50. The summed E-state index contributed by atoms with van der Waals surface area (Å²) in [6.07, 6.45) is 5.59. The lowest BCUT2D eigenvalue weighted by molar-refractivity contribution is -0.385. The molecule has 1 aromatic rings. The molecule has 0 amide bonds. The molecule has 0 aromatic carbocycles. The van der Waals surface area contributed by atoms with E-state index in [0.717, 1.165) is 38.8 Å². The van der Waals surface area contributed by atoms with Gasteiger partial charge in [0.2, 0.25) is 0 Å². The summed E-state index contributed by atoms with van der Waals surface area (Å²) in [6, 6.07) is 1.29. The molecule has 1 saturated heterocycles. The summed E-state index contributed by atoms with van der Waals surface area (Å²) in [5.41, 5.74) is 5.74. The zero-order valence-corrected chi connectivity index (χ0v) is 11.0. The Balaban J connectivity index is 2.42. The Bertz CT molecular complexity index is 524. The minimum atomic E-state index is -0.548. The molecular formula is C12H17N5O3. The molecular weight excluding hydrogens is 262 g/mol. The second kappa shape index (κ2) is 6.18. The van der Waals surface area contributed by atoms with Crippen LogP contribution < -0.4 is 10.6 Å². The van der Waals surface area contributed by atoms with Crippen LogP contribution in [0.4, 0.5) is 11.5 Å². The SMILES string of the molecule is NC(=NO)c1cc([N+](=O)[O-])cnc1N1CCCCCC1. The van der Waals surface area contributed by atoms with Gasteiger partial charge < -0.3 is 15.8 Å². The molecule has 108 valence electrons. The van der Waals surface area contributed by atoms with E-state index in [0.29, 0.717) is 11.4 Å². The fraction of sp³-hybridized carbons (Fsp3) is 0.500. The van der Waals surface area contributed by atoms with Gasteiger partial charge in [-0.15, -0.1) is 0 Å². The Morgan fingerprint density at radius 1 is 1.40 bits per heavy atom. The van der Waals surface area contributed by atoms with E-state index in [4.69, 9.17) is 10.9 Å². The second-order valence-corrected chi connectivity index (χ2v) is 4.71. The van der Waals surface area contributed by atoms with E-state index in [-0.39, 0.29) is 11.5 Å². The molecule has 0 spiro atoms. The average molecular weight is 279 g/mol. The van der Waals surface area contributed by atoms with Gasteiger partial charge in [-0.1, -0.05) is 18.0 Å². The Hall–Kier alpha value is -2.38. The van der Waals surface area contributed by atoms with E-state index in [1.807, 2.05) is 4.90 Å². The number of hydrogen-bond acceptors (Lipinski definition) is 6. The molecule has 0 unspecified atom stereocenters. The highest BCUT2D eigenvalue weighted by Gasteiger charge is 2.20. The number of oxime groups is 1. The first-order chi connectivity index (χ1) is 9.63. The molecule has 2 rings (SSSR count). The predicted octanol–water partition coefficient (Wildman–Crippen LogP) is 1.46. The van der Waals surface area contributed by atoms with Crippen molar-refractivity contribution in [3.05, 3.63) is 27.9 Å². The van der Waals surface area contributed by atoms with E-state index < -0.39 is 4.92 Å². The number of pyridine rings is 1. The van der Waals surface area contributed by atoms with Crippen LogP contribution >= 0.6 is 0 Å². The Morgan fingerprint density at radius 2 is 2.05 bits per heavy atom. The minimum absolute atomic E-state index is 0.166. The van der Waals surface area contributed by atoms with Gasteiger partial charge in [0, 0.05) is 19.2 Å². The number of nitrogens with two attached hydrogens (primary N) is 1. The van der Waals surface area contributed by atoms with Gasteiger partial charge in [0.05, 0.1) is 10.5 Å². The van der Waals surface area contributed by atoms with Crippen LogP contribution in [0.5, 0.6) is 0 Å². The van der Waals surface area contributed by atoms with Crippen molar-refractivity contribution < 1.29 is 10.1 Å². The molecule has 2 heterocycles. The first-order valence-electron chi connectivity index (χ1n) is 6.50. The molecule has 0 aliphatic carbocycles. The van der Waals surface area contributed by atoms with Gasteiger partial charge in [-0.25, -0.2) is 4.98 Å². The van der Waals surface area contributed by atoms with Crippen LogP contribution in [0, 0.1) is 10.1 Å². The fourth-order valence-electron chi connectivity index (χ4n) is 2.32. The summed E-state index contributed by atoms with van der Waals surface area (Å²) in [5, 5.41) is 22.6. The molecule has 1 aliphatic heterocycles. The van der Waals surface area contributed by atoms with E-state index >= 15 is 0 Å². The molecule has 1 aliphatic rings. The lowest BCUT2D eigenvalue weighted by atomic mass is 10.2. The zero-order chi connectivity index (χ0) is 14.5. The number of anilines is 1. The number of amidine groups is 1. The monoisotopic (exact) mass is 279 g/mol. The van der Waals surface area contributed by atoms with E-state index in [1.54, 1.807) is 0 Å². The largest absolute Gasteiger partial charge is 0.409 e. The minimum Gasteiger partial charge on any atom is -0.409 e. The normalized spacial score (nSPS) is 16.8. The van der Waals surface area contributed by atoms with Gasteiger partial charge in [-0.05, 0) is 12.8 Å². The van der Waals surface area contributed by atoms with E-state index in [1.165, 1.54) is 12.3 Å². The summed E-state index contributed by atoms with van der Waals surface area (Å²) in [6.45, 7) is 1.63. The highest BCUT2D eigenvalue weighted by Crippen LogP contribution is 2.24. The fourth-order valence-corrected chi connectivity index (χ4v) is 2.32. The van der Waals surface area contributed by atoms with Crippen LogP contribution in [0.25, 0.3) is 0 Å². The average Bonchev–Trinajstić information content (AvgIpc) is 2.74. The molecule has 0 saturated carbocycles. The van der Waals surface area contributed by atoms with Gasteiger partial charge in [-0.3, -0.25) is 10.1 Å². The number of aromatic nitrogens is 1. The molecule has 8 nitrogen and oxygen atoms in total. The predicted molar refractivity (Wildman–Crippen MR) is 74.1 cm³/mol. The summed E-state index contributed by atoms with van der Waals surface area (Å²) >= 11 is 0. The Kier molecular flexibility index (Phi) is 4.34. The summed E-state index contributed by atoms with van der Waals surface area (Å²) in [7, 11) is 0. The van der Waals surface area contributed by atoms with Gasteiger partial charge in [0.15, 0.2) is 5.84 Å². The molecule has 1 fully saturated rings. The lowest BCUT2D eigenvalue weighted by Crippen LogP contribution is -2.28. The van der Waals surface area contributed by atoms with Crippen molar-refractivity contribution in [3.63, 3.8) is 0 Å². The van der Waals surface area contributed by atoms with Gasteiger partial charge in [0.1, 0.15) is 12.0 Å². The van der Waals surface area contributed by atoms with Crippen molar-refractivity contribution in [2.45, 2.75) is 25.7 Å². The molecule has 3 N–H and O–H groups in total. The summed E-state index contributed by atoms with van der Waals surface area (Å²) in [4.78, 5) is 16.4. The Labute approximate surface area is 116 Å².